The molecule has 9 aromatic rings. The second-order valence-corrected chi connectivity index (χ2v) is 49.7. The maximum absolute atomic E-state index is 6.84. The molecule has 0 saturated carbocycles. The third-order valence-electron chi connectivity index (χ3n) is 26.7. The number of hydrogen-bond donors (Lipinski definition) is 0. The molecule has 0 aromatic heterocycles. The van der Waals surface area contributed by atoms with E-state index in [-0.39, 0.29) is 43.3 Å². The third-order valence-corrected chi connectivity index (χ3v) is 30.9. The average Bonchev–Trinajstić information content (AvgIpc) is 0.761. The van der Waals surface area contributed by atoms with Crippen molar-refractivity contribution >= 4 is 34.4 Å². The Labute approximate surface area is 809 Å². The predicted molar refractivity (Wildman–Crippen MR) is 560 cm³/mol. The van der Waals surface area contributed by atoms with Crippen molar-refractivity contribution < 1.29 is 54.3 Å². The normalized spacial score (nSPS) is 18.8. The molecule has 0 amide bonds. The summed E-state index contributed by atoms with van der Waals surface area (Å²) >= 11 is 0. The van der Waals surface area contributed by atoms with Crippen LogP contribution in [-0.2, 0) is 108 Å². The Hall–Kier alpha value is -6.58. The highest BCUT2D eigenvalue weighted by Gasteiger charge is 2.47. The number of unbranched alkanes of at least 4 members (excludes halogenated alkanes) is 6. The van der Waals surface area contributed by atoms with Crippen molar-refractivity contribution in [2.75, 3.05) is 46.2 Å². The summed E-state index contributed by atoms with van der Waals surface area (Å²) in [6.07, 6.45) is 18.9. The van der Waals surface area contributed by atoms with E-state index in [1.165, 1.54) is 128 Å². The van der Waals surface area contributed by atoms with Gasteiger partial charge in [0.1, 0.15) is 28.7 Å². The minimum atomic E-state index is -1.66. The van der Waals surface area contributed by atoms with E-state index in [9.17, 15) is 0 Å². The van der Waals surface area contributed by atoms with Crippen LogP contribution in [0.4, 0.5) is 0 Å². The molecule has 3 fully saturated rings. The summed E-state index contributed by atoms with van der Waals surface area (Å²) in [6, 6.07) is 70.0. The molecule has 133 heavy (non-hydrogen) atoms. The van der Waals surface area contributed by atoms with Crippen molar-refractivity contribution in [2.24, 2.45) is 28.6 Å². The number of fused-ring (bicyclic) bond motifs is 2. The molecule has 1 spiro atoms. The molecule has 4 aliphatic rings. The summed E-state index contributed by atoms with van der Waals surface area (Å²) in [5.41, 5.74) is 20.2. The Balaban J connectivity index is 0.000000206. The molecule has 0 unspecified atom stereocenters. The number of benzene rings is 9. The quantitative estimate of drug-likeness (QED) is 0.0283. The highest BCUT2D eigenvalue weighted by Crippen LogP contribution is 2.59. The lowest BCUT2D eigenvalue weighted by Crippen LogP contribution is -2.45. The molecule has 724 valence electrons. The van der Waals surface area contributed by atoms with E-state index < -0.39 is 39.8 Å². The van der Waals surface area contributed by atoms with Crippen molar-refractivity contribution in [1.29, 1.82) is 0 Å². The fourth-order valence-corrected chi connectivity index (χ4v) is 23.1. The van der Waals surface area contributed by atoms with E-state index >= 15 is 0 Å². The second kappa shape index (κ2) is 47.4. The van der Waals surface area contributed by atoms with Crippen molar-refractivity contribution in [3.05, 3.63) is 289 Å². The molecule has 4 heterocycles. The van der Waals surface area contributed by atoms with Gasteiger partial charge in [0.05, 0.1) is 51.7 Å². The van der Waals surface area contributed by atoms with Crippen molar-refractivity contribution in [1.82, 2.24) is 0 Å². The van der Waals surface area contributed by atoms with Gasteiger partial charge in [-0.05, 0) is 176 Å². The summed E-state index contributed by atoms with van der Waals surface area (Å²) in [4.78, 5) is 0. The summed E-state index contributed by atoms with van der Waals surface area (Å²) < 4.78 is 77.9. The molecule has 0 atom stereocenters. The van der Waals surface area contributed by atoms with Crippen LogP contribution in [0.5, 0.6) is 28.7 Å². The number of rotatable bonds is 34. The second-order valence-electron chi connectivity index (χ2n) is 45.1. The van der Waals surface area contributed by atoms with Crippen LogP contribution >= 0.6 is 34.4 Å². The first-order valence-electron chi connectivity index (χ1n) is 49.9. The molecule has 9 aromatic carbocycles. The van der Waals surface area contributed by atoms with Crippen LogP contribution in [0.15, 0.2) is 194 Å². The lowest BCUT2D eigenvalue weighted by atomic mass is 9.73. The van der Waals surface area contributed by atoms with Crippen LogP contribution in [-0.4, -0.2) is 46.2 Å². The van der Waals surface area contributed by atoms with Gasteiger partial charge >= 0.3 is 34.4 Å². The van der Waals surface area contributed by atoms with Gasteiger partial charge in [0, 0.05) is 55.9 Å². The van der Waals surface area contributed by atoms with Crippen molar-refractivity contribution in [3.63, 3.8) is 0 Å². The zero-order valence-electron chi connectivity index (χ0n) is 86.4. The van der Waals surface area contributed by atoms with Crippen molar-refractivity contribution in [3.8, 4) is 28.7 Å². The van der Waals surface area contributed by atoms with Gasteiger partial charge in [0.15, 0.2) is 0 Å². The summed E-state index contributed by atoms with van der Waals surface area (Å²) in [5.74, 6) is 6.27. The molecule has 0 radical (unpaired) electrons. The van der Waals surface area contributed by atoms with Gasteiger partial charge in [-0.2, -0.15) is 0 Å². The average molecular weight is 1890 g/mol. The first kappa shape index (κ1) is 107. The smallest absolute Gasteiger partial charge is 0.426 e. The fourth-order valence-electron chi connectivity index (χ4n) is 18.2. The summed E-state index contributed by atoms with van der Waals surface area (Å²) in [6.45, 7) is 65.2. The van der Waals surface area contributed by atoms with Gasteiger partial charge in [-0.3, -0.25) is 4.52 Å². The predicted octanol–water partition coefficient (Wildman–Crippen LogP) is 34.2. The van der Waals surface area contributed by atoms with Crippen LogP contribution in [0.25, 0.3) is 0 Å². The summed E-state index contributed by atoms with van der Waals surface area (Å²) in [5, 5.41) is 0. The van der Waals surface area contributed by atoms with E-state index in [0.717, 1.165) is 117 Å². The monoisotopic (exact) mass is 1890 g/mol. The number of aryl methyl sites for hydroxylation is 2. The maximum Gasteiger partial charge on any atom is 0.463 e. The topological polar surface area (TPSA) is 111 Å². The van der Waals surface area contributed by atoms with E-state index in [1.807, 2.05) is 0 Å². The van der Waals surface area contributed by atoms with Crippen molar-refractivity contribution in [2.45, 2.75) is 334 Å². The first-order valence-corrected chi connectivity index (χ1v) is 54.3. The maximum atomic E-state index is 6.84. The Kier molecular flexibility index (Phi) is 38.1. The van der Waals surface area contributed by atoms with E-state index in [0.29, 0.717) is 50.8 Å². The van der Waals surface area contributed by atoms with Gasteiger partial charge in [0.25, 0.3) is 0 Å². The van der Waals surface area contributed by atoms with E-state index in [1.54, 1.807) is 0 Å². The molecule has 0 N–H and O–H groups in total. The largest absolute Gasteiger partial charge is 0.463 e. The van der Waals surface area contributed by atoms with Gasteiger partial charge < -0.3 is 49.8 Å². The highest BCUT2D eigenvalue weighted by atomic mass is 31.2. The van der Waals surface area contributed by atoms with Gasteiger partial charge in [-0.1, -0.05) is 414 Å². The Morgan fingerprint density at radius 2 is 0.714 bits per heavy atom. The standard InChI is InChI=1S/C53H58O6P2.C37H59O3P.C27H47O3P/c1-50(2,42-24-13-8-14-25-42)45-30-32-48(41(34-45)23-19-22-40-20-11-7-12-21-40)58-60-54-36-53(37-55-60)38-56-61(57-39-53)59-49-33-31-46(51(3,4)43-26-15-9-16-27-43)35-47(49)52(5,6)44-28-17-10-18-29-44;1-12-13-14-15-16-17-18-38-41-39-34-30(21-28(19-26(2)3)23-32(34)36(6,7)8)25-31-22-29(20-27(4)5)24-33(35(31)40-41)37(9,10)11;1-11-13-14-27(12-2)18-28-31(29-19-27)30-24-22(25(5,6)7)16-21(15-20(3)4)17-23(24)26(8,9)10/h7-18,20-21,24-35H,19,22-23,36-39H2,1-6H3;21-24,26-27H,12-20,25H2,1-11H3;16-17,20H,11-15,18-19H2,1-10H3. The van der Waals surface area contributed by atoms with Gasteiger partial charge in [-0.15, -0.1) is 0 Å². The third kappa shape index (κ3) is 29.5. The molecule has 16 heteroatoms. The molecular weight excluding hydrogens is 1720 g/mol. The first-order chi connectivity index (χ1) is 62.9. The van der Waals surface area contributed by atoms with Crippen LogP contribution in [0, 0.1) is 28.6 Å². The Bertz CT molecular complexity index is 4980. The number of hydrogen-bond acceptors (Lipinski definition) is 12. The molecule has 4 aliphatic heterocycles. The lowest BCUT2D eigenvalue weighted by molar-refractivity contribution is -0.0673. The zero-order chi connectivity index (χ0) is 96.3. The molecule has 0 aliphatic carbocycles. The summed E-state index contributed by atoms with van der Waals surface area (Å²) in [7, 11) is -6.25. The SMILES string of the molecule is CC(C)(c1ccccc1)c1ccc(OP2OCC3(CO2)COP(Oc2ccc(C(C)(C)c4ccccc4)cc2C(C)(C)c2ccccc2)OC3)c(CCCc2ccccc2)c1.CCCCC1(CC)COP(Oc2c(C(C)(C)C)cc(CC(C)C)cc2C(C)(C)C)OC1.CCCCCCCCOP1Oc2c(cc(CC(C)C)cc2C(C)(C)C)Cc2cc(CC(C)C)cc(C(C)(C)C)c2O1. The van der Waals surface area contributed by atoms with Crippen LogP contribution in [0.1, 0.15) is 352 Å². The Morgan fingerprint density at radius 3 is 1.15 bits per heavy atom. The minimum absolute atomic E-state index is 0.0260. The van der Waals surface area contributed by atoms with Crippen LogP contribution < -0.4 is 22.6 Å². The van der Waals surface area contributed by atoms with Crippen LogP contribution in [0.3, 0.4) is 0 Å². The lowest BCUT2D eigenvalue weighted by Gasteiger charge is -2.41. The molecular formula is C117H164O12P4. The Morgan fingerprint density at radius 1 is 0.331 bits per heavy atom. The molecule has 12 nitrogen and oxygen atoms in total. The molecule has 3 saturated heterocycles. The van der Waals surface area contributed by atoms with Gasteiger partial charge in [-0.25, -0.2) is 0 Å². The highest BCUT2D eigenvalue weighted by molar-refractivity contribution is 7.43. The zero-order valence-corrected chi connectivity index (χ0v) is 89.9. The molecule has 13 rings (SSSR count). The fraction of sp³-hybridized carbons (Fsp3) is 0.538. The van der Waals surface area contributed by atoms with Crippen LogP contribution in [0.2, 0.25) is 0 Å². The van der Waals surface area contributed by atoms with E-state index in [2.05, 4.69) is 381 Å². The van der Waals surface area contributed by atoms with E-state index in [4.69, 9.17) is 54.3 Å². The molecule has 0 bridgehead atoms. The minimum Gasteiger partial charge on any atom is -0.426 e. The van der Waals surface area contributed by atoms with Gasteiger partial charge in [0.2, 0.25) is 0 Å².